The lowest BCUT2D eigenvalue weighted by Gasteiger charge is -2.27. The molecule has 0 saturated carbocycles. The summed E-state index contributed by atoms with van der Waals surface area (Å²) in [7, 11) is 0. The molecule has 0 bridgehead atoms. The fourth-order valence-corrected chi connectivity index (χ4v) is 9.03. The predicted molar refractivity (Wildman–Crippen MR) is 261 cm³/mol. The molecule has 10 aromatic carbocycles. The number of hydrogen-bond donors (Lipinski definition) is 0. The van der Waals surface area contributed by atoms with Crippen LogP contribution in [0.15, 0.2) is 253 Å². The molecule has 0 unspecified atom stereocenters. The van der Waals surface area contributed by atoms with Crippen molar-refractivity contribution in [3.63, 3.8) is 0 Å². The van der Waals surface area contributed by atoms with Gasteiger partial charge in [-0.05, 0) is 97.6 Å². The average molecular weight is 792 g/mol. The molecular formula is C60H41NO. The van der Waals surface area contributed by atoms with Crippen LogP contribution >= 0.6 is 0 Å². The van der Waals surface area contributed by atoms with Crippen molar-refractivity contribution in [1.82, 2.24) is 0 Å². The third-order valence-corrected chi connectivity index (χ3v) is 11.9. The van der Waals surface area contributed by atoms with E-state index < -0.39 is 0 Å². The zero-order chi connectivity index (χ0) is 41.2. The average Bonchev–Trinajstić information content (AvgIpc) is 3.75. The minimum atomic E-state index is 0.842. The summed E-state index contributed by atoms with van der Waals surface area (Å²) >= 11 is 0. The Morgan fingerprint density at radius 2 is 0.613 bits per heavy atom. The number of nitrogens with zero attached hydrogens (tertiary/aromatic N) is 1. The number of anilines is 3. The smallest absolute Gasteiger partial charge is 0.143 e. The zero-order valence-electron chi connectivity index (χ0n) is 34.0. The first-order chi connectivity index (χ1) is 30.8. The van der Waals surface area contributed by atoms with Crippen molar-refractivity contribution in [3.05, 3.63) is 249 Å². The van der Waals surface area contributed by atoms with Crippen LogP contribution < -0.4 is 4.90 Å². The van der Waals surface area contributed by atoms with E-state index in [1.807, 2.05) is 0 Å². The molecule has 0 saturated heterocycles. The van der Waals surface area contributed by atoms with Gasteiger partial charge >= 0.3 is 0 Å². The third-order valence-electron chi connectivity index (χ3n) is 11.9. The molecule has 11 aromatic rings. The number of rotatable bonds is 9. The first-order valence-electron chi connectivity index (χ1n) is 21.2. The van der Waals surface area contributed by atoms with Crippen molar-refractivity contribution in [1.29, 1.82) is 0 Å². The van der Waals surface area contributed by atoms with Crippen LogP contribution in [0, 0.1) is 0 Å². The van der Waals surface area contributed by atoms with Gasteiger partial charge in [0.15, 0.2) is 0 Å². The van der Waals surface area contributed by atoms with Gasteiger partial charge in [0.25, 0.3) is 0 Å². The van der Waals surface area contributed by atoms with Gasteiger partial charge in [0, 0.05) is 22.3 Å². The predicted octanol–water partition coefficient (Wildman–Crippen LogP) is 17.1. The lowest BCUT2D eigenvalue weighted by atomic mass is 9.93. The maximum atomic E-state index is 6.93. The van der Waals surface area contributed by atoms with Crippen molar-refractivity contribution in [3.8, 4) is 66.8 Å². The van der Waals surface area contributed by atoms with Gasteiger partial charge in [0.1, 0.15) is 11.2 Å². The number of benzene rings is 10. The molecule has 1 heterocycles. The second-order valence-corrected chi connectivity index (χ2v) is 15.6. The maximum Gasteiger partial charge on any atom is 0.143 e. The van der Waals surface area contributed by atoms with E-state index in [-0.39, 0.29) is 0 Å². The largest absolute Gasteiger partial charge is 0.455 e. The highest BCUT2D eigenvalue weighted by atomic mass is 16.3. The normalized spacial score (nSPS) is 11.2. The van der Waals surface area contributed by atoms with Crippen LogP contribution in [-0.2, 0) is 0 Å². The van der Waals surface area contributed by atoms with Gasteiger partial charge in [0.05, 0.1) is 11.1 Å². The Morgan fingerprint density at radius 1 is 0.258 bits per heavy atom. The molecule has 0 radical (unpaired) electrons. The molecule has 1 aromatic heterocycles. The molecule has 292 valence electrons. The Kier molecular flexibility index (Phi) is 9.57. The van der Waals surface area contributed by atoms with E-state index >= 15 is 0 Å². The fraction of sp³-hybridized carbons (Fsp3) is 0. The lowest BCUT2D eigenvalue weighted by molar-refractivity contribution is 0.670. The molecule has 0 amide bonds. The fourth-order valence-electron chi connectivity index (χ4n) is 9.03. The summed E-state index contributed by atoms with van der Waals surface area (Å²) in [5.74, 6) is 0. The SMILES string of the molecule is c1ccc(-c2ccccc2-c2ccc(N(c3ccc(-c4ccccc4-c4ccccc4)cc3)c3cccc4oc5c(-c6ccccc6-c6ccccc6)cccc5c34)cc2)cc1. The van der Waals surface area contributed by atoms with E-state index in [4.69, 9.17) is 4.42 Å². The minimum Gasteiger partial charge on any atom is -0.455 e. The Balaban J connectivity index is 1.07. The first kappa shape index (κ1) is 36.8. The van der Waals surface area contributed by atoms with Crippen LogP contribution in [0.2, 0.25) is 0 Å². The molecule has 0 aliphatic carbocycles. The number of furan rings is 1. The Labute approximate surface area is 362 Å². The molecule has 11 rings (SSSR count). The van der Waals surface area contributed by atoms with E-state index in [0.717, 1.165) is 61.3 Å². The van der Waals surface area contributed by atoms with Crippen molar-refractivity contribution in [2.45, 2.75) is 0 Å². The van der Waals surface area contributed by atoms with Crippen molar-refractivity contribution < 1.29 is 4.42 Å². The van der Waals surface area contributed by atoms with Gasteiger partial charge < -0.3 is 9.32 Å². The topological polar surface area (TPSA) is 16.4 Å². The van der Waals surface area contributed by atoms with Crippen LogP contribution in [0.1, 0.15) is 0 Å². The molecule has 0 fully saturated rings. The summed E-state index contributed by atoms with van der Waals surface area (Å²) in [5.41, 5.74) is 19.0. The first-order valence-corrected chi connectivity index (χ1v) is 21.2. The second-order valence-electron chi connectivity index (χ2n) is 15.6. The molecular weight excluding hydrogens is 751 g/mol. The number of fused-ring (bicyclic) bond motifs is 3. The number of para-hydroxylation sites is 1. The molecule has 0 N–H and O–H groups in total. The highest BCUT2D eigenvalue weighted by molar-refractivity contribution is 6.16. The quantitative estimate of drug-likeness (QED) is 0.145. The van der Waals surface area contributed by atoms with Crippen molar-refractivity contribution in [2.75, 3.05) is 4.90 Å². The van der Waals surface area contributed by atoms with Gasteiger partial charge in [-0.15, -0.1) is 0 Å². The maximum absolute atomic E-state index is 6.93. The zero-order valence-corrected chi connectivity index (χ0v) is 34.0. The van der Waals surface area contributed by atoms with Crippen LogP contribution in [0.3, 0.4) is 0 Å². The van der Waals surface area contributed by atoms with Gasteiger partial charge in [-0.2, -0.15) is 0 Å². The Hall–Kier alpha value is -8.20. The molecule has 0 atom stereocenters. The highest BCUT2D eigenvalue weighted by Gasteiger charge is 2.22. The van der Waals surface area contributed by atoms with Crippen LogP contribution in [-0.4, -0.2) is 0 Å². The van der Waals surface area contributed by atoms with Crippen LogP contribution in [0.5, 0.6) is 0 Å². The van der Waals surface area contributed by atoms with Gasteiger partial charge in [-0.25, -0.2) is 0 Å². The van der Waals surface area contributed by atoms with E-state index in [0.29, 0.717) is 0 Å². The summed E-state index contributed by atoms with van der Waals surface area (Å²) in [5, 5.41) is 2.14. The van der Waals surface area contributed by atoms with E-state index in [1.54, 1.807) is 0 Å². The molecule has 0 aliphatic rings. The van der Waals surface area contributed by atoms with Crippen molar-refractivity contribution in [2.24, 2.45) is 0 Å². The van der Waals surface area contributed by atoms with Gasteiger partial charge in [0.2, 0.25) is 0 Å². The second kappa shape index (κ2) is 16.1. The van der Waals surface area contributed by atoms with E-state index in [2.05, 4.69) is 254 Å². The summed E-state index contributed by atoms with van der Waals surface area (Å²) in [4.78, 5) is 2.38. The van der Waals surface area contributed by atoms with E-state index in [1.165, 1.54) is 44.5 Å². The van der Waals surface area contributed by atoms with Crippen molar-refractivity contribution >= 4 is 39.0 Å². The molecule has 2 nitrogen and oxygen atoms in total. The minimum absolute atomic E-state index is 0.842. The third kappa shape index (κ3) is 6.74. The van der Waals surface area contributed by atoms with Gasteiger partial charge in [-0.3, -0.25) is 0 Å². The molecule has 62 heavy (non-hydrogen) atoms. The van der Waals surface area contributed by atoms with Crippen LogP contribution in [0.4, 0.5) is 17.1 Å². The Bertz CT molecular complexity index is 3190. The number of hydrogen-bond acceptors (Lipinski definition) is 2. The summed E-state index contributed by atoms with van der Waals surface area (Å²) in [6.45, 7) is 0. The Morgan fingerprint density at radius 3 is 1.06 bits per heavy atom. The lowest BCUT2D eigenvalue weighted by Crippen LogP contribution is -2.10. The summed E-state index contributed by atoms with van der Waals surface area (Å²) in [6, 6.07) is 88.8. The van der Waals surface area contributed by atoms with E-state index in [9.17, 15) is 0 Å². The summed E-state index contributed by atoms with van der Waals surface area (Å²) in [6.07, 6.45) is 0. The molecule has 0 aliphatic heterocycles. The van der Waals surface area contributed by atoms with Gasteiger partial charge in [-0.1, -0.05) is 212 Å². The highest BCUT2D eigenvalue weighted by Crippen LogP contribution is 2.47. The monoisotopic (exact) mass is 791 g/mol. The summed E-state index contributed by atoms with van der Waals surface area (Å²) < 4.78 is 6.93. The molecule has 0 spiro atoms. The van der Waals surface area contributed by atoms with Crippen LogP contribution in [0.25, 0.3) is 88.7 Å². The standard InChI is InChI=1S/C60H41NO/c1-4-18-42(19-5-1)49-24-10-12-26-51(49)45-34-38-47(39-35-45)61(48-40-36-46(37-41-48)52-27-13-11-25-50(52)43-20-6-2-7-21-43)57-32-17-33-58-59(57)56-31-16-30-55(60(56)62-58)54-29-15-14-28-53(54)44-22-8-3-9-23-44/h1-41H. The molecule has 2 heteroatoms.